The van der Waals surface area contributed by atoms with E-state index < -0.39 is 6.10 Å². The molecule has 0 heterocycles. The molecule has 2 atom stereocenters. The zero-order valence-electron chi connectivity index (χ0n) is 14.5. The van der Waals surface area contributed by atoms with E-state index in [4.69, 9.17) is 5.26 Å². The highest BCUT2D eigenvalue weighted by Gasteiger charge is 2.17. The molecule has 0 aromatic heterocycles. The first-order valence-electron chi connectivity index (χ1n) is 8.78. The van der Waals surface area contributed by atoms with Gasteiger partial charge in [0.2, 0.25) is 0 Å². The van der Waals surface area contributed by atoms with Gasteiger partial charge in [-0.15, -0.1) is 0 Å². The molecule has 0 amide bonds. The van der Waals surface area contributed by atoms with Gasteiger partial charge in [0.05, 0.1) is 17.7 Å². The molecule has 0 spiro atoms. The molecule has 0 saturated heterocycles. The molecule has 0 radical (unpaired) electrons. The molecule has 3 nitrogen and oxygen atoms in total. The maximum atomic E-state index is 10.6. The molecule has 0 fully saturated rings. The number of hydrogen-bond acceptors (Lipinski definition) is 3. The molecule has 0 saturated carbocycles. The smallest absolute Gasteiger partial charge is 0.0991 e. The summed E-state index contributed by atoms with van der Waals surface area (Å²) < 4.78 is 0. The summed E-state index contributed by atoms with van der Waals surface area (Å²) in [5.74, 6) is 0. The van der Waals surface area contributed by atoms with Crippen LogP contribution in [0.15, 0.2) is 84.9 Å². The molecular formula is C23H22N2O. The molecule has 0 aliphatic carbocycles. The maximum absolute atomic E-state index is 10.6. The number of nitrogens with one attached hydrogen (secondary N) is 1. The van der Waals surface area contributed by atoms with Gasteiger partial charge in [0.1, 0.15) is 0 Å². The van der Waals surface area contributed by atoms with Crippen molar-refractivity contribution in [3.05, 3.63) is 102 Å². The molecule has 3 rings (SSSR count). The monoisotopic (exact) mass is 342 g/mol. The minimum atomic E-state index is -0.532. The van der Waals surface area contributed by atoms with Gasteiger partial charge in [0.15, 0.2) is 0 Å². The van der Waals surface area contributed by atoms with Crippen LogP contribution in [-0.2, 0) is 6.42 Å². The Balaban J connectivity index is 1.75. The van der Waals surface area contributed by atoms with Gasteiger partial charge in [0, 0.05) is 11.7 Å². The molecule has 3 aromatic carbocycles. The Morgan fingerprint density at radius 3 is 2.08 bits per heavy atom. The first kappa shape index (κ1) is 17.7. The maximum Gasteiger partial charge on any atom is 0.0991 e. The molecule has 2 N–H and O–H groups in total. The molecule has 0 aliphatic heterocycles. The second-order valence-electron chi connectivity index (χ2n) is 6.38. The van der Waals surface area contributed by atoms with Crippen molar-refractivity contribution in [1.29, 1.82) is 5.26 Å². The van der Waals surface area contributed by atoms with E-state index in [1.165, 1.54) is 0 Å². The van der Waals surface area contributed by atoms with Crippen LogP contribution in [0.2, 0.25) is 0 Å². The Morgan fingerprint density at radius 1 is 0.846 bits per heavy atom. The van der Waals surface area contributed by atoms with E-state index >= 15 is 0 Å². The number of rotatable bonds is 7. The Labute approximate surface area is 154 Å². The second kappa shape index (κ2) is 8.84. The summed E-state index contributed by atoms with van der Waals surface area (Å²) in [6.07, 6.45) is 0.833. The third kappa shape index (κ3) is 4.95. The van der Waals surface area contributed by atoms with Gasteiger partial charge in [0.25, 0.3) is 0 Å². The largest absolute Gasteiger partial charge is 0.388 e. The van der Waals surface area contributed by atoms with Crippen LogP contribution >= 0.6 is 0 Å². The topological polar surface area (TPSA) is 56.0 Å². The highest BCUT2D eigenvalue weighted by Crippen LogP contribution is 2.22. The standard InChI is InChI=1S/C23H22N2O/c24-17-19-13-11-18(12-14-19)15-22(25-21-9-5-2-6-10-21)16-23(26)20-7-3-1-4-8-20/h1-14,22-23,25-26H,15-16H2/t22-,23-/m0/s1. The Kier molecular flexibility index (Phi) is 6.03. The van der Waals surface area contributed by atoms with Crippen LogP contribution in [0.1, 0.15) is 29.2 Å². The quantitative estimate of drug-likeness (QED) is 0.654. The highest BCUT2D eigenvalue weighted by atomic mass is 16.3. The summed E-state index contributed by atoms with van der Waals surface area (Å²) >= 11 is 0. The molecular weight excluding hydrogens is 320 g/mol. The van der Waals surface area contributed by atoms with Crippen LogP contribution in [0.25, 0.3) is 0 Å². The van der Waals surface area contributed by atoms with Crippen molar-refractivity contribution in [2.75, 3.05) is 5.32 Å². The van der Waals surface area contributed by atoms with Crippen LogP contribution in [0, 0.1) is 11.3 Å². The average molecular weight is 342 g/mol. The zero-order valence-corrected chi connectivity index (χ0v) is 14.5. The second-order valence-corrected chi connectivity index (χ2v) is 6.38. The number of anilines is 1. The van der Waals surface area contributed by atoms with E-state index in [-0.39, 0.29) is 6.04 Å². The van der Waals surface area contributed by atoms with Crippen LogP contribution in [0.3, 0.4) is 0 Å². The van der Waals surface area contributed by atoms with Gasteiger partial charge in [-0.25, -0.2) is 0 Å². The number of nitrogens with zero attached hydrogens (tertiary/aromatic N) is 1. The van der Waals surface area contributed by atoms with Crippen molar-refractivity contribution in [3.63, 3.8) is 0 Å². The molecule has 0 aliphatic rings. The fraction of sp³-hybridized carbons (Fsp3) is 0.174. The fourth-order valence-electron chi connectivity index (χ4n) is 3.04. The van der Waals surface area contributed by atoms with Gasteiger partial charge in [-0.05, 0) is 48.2 Å². The Hall–Kier alpha value is -3.09. The summed E-state index contributed by atoms with van der Waals surface area (Å²) in [5, 5.41) is 23.1. The van der Waals surface area contributed by atoms with E-state index in [9.17, 15) is 5.11 Å². The van der Waals surface area contributed by atoms with Gasteiger partial charge in [-0.1, -0.05) is 60.7 Å². The first-order chi connectivity index (χ1) is 12.7. The minimum Gasteiger partial charge on any atom is -0.388 e. The Morgan fingerprint density at radius 2 is 1.46 bits per heavy atom. The van der Waals surface area contributed by atoms with Crippen LogP contribution < -0.4 is 5.32 Å². The number of aliphatic hydroxyl groups is 1. The number of aliphatic hydroxyl groups excluding tert-OH is 1. The van der Waals surface area contributed by atoms with E-state index in [0.717, 1.165) is 23.2 Å². The van der Waals surface area contributed by atoms with Crippen molar-refractivity contribution < 1.29 is 5.11 Å². The molecule has 3 heteroatoms. The van der Waals surface area contributed by atoms with Gasteiger partial charge in [-0.3, -0.25) is 0 Å². The Bertz CT molecular complexity index is 839. The lowest BCUT2D eigenvalue weighted by Crippen LogP contribution is -2.25. The lowest BCUT2D eigenvalue weighted by Gasteiger charge is -2.23. The van der Waals surface area contributed by atoms with Gasteiger partial charge in [-0.2, -0.15) is 5.26 Å². The molecule has 0 unspecified atom stereocenters. The number of nitriles is 1. The average Bonchev–Trinajstić information content (AvgIpc) is 2.70. The number of benzene rings is 3. The molecule has 26 heavy (non-hydrogen) atoms. The molecule has 130 valence electrons. The minimum absolute atomic E-state index is 0.0699. The predicted molar refractivity (Wildman–Crippen MR) is 105 cm³/mol. The lowest BCUT2D eigenvalue weighted by molar-refractivity contribution is 0.160. The summed E-state index contributed by atoms with van der Waals surface area (Å²) in [6.45, 7) is 0. The highest BCUT2D eigenvalue weighted by molar-refractivity contribution is 5.44. The first-order valence-corrected chi connectivity index (χ1v) is 8.78. The number of para-hydroxylation sites is 1. The summed E-state index contributed by atoms with van der Waals surface area (Å²) in [6, 6.07) is 29.6. The van der Waals surface area contributed by atoms with Crippen molar-refractivity contribution in [1.82, 2.24) is 0 Å². The lowest BCUT2D eigenvalue weighted by atomic mass is 9.96. The SMILES string of the molecule is N#Cc1ccc(C[C@@H](C[C@H](O)c2ccccc2)Nc2ccccc2)cc1. The molecule has 0 bridgehead atoms. The fourth-order valence-corrected chi connectivity index (χ4v) is 3.04. The van der Waals surface area contributed by atoms with E-state index in [1.807, 2.05) is 84.9 Å². The van der Waals surface area contributed by atoms with Crippen molar-refractivity contribution in [3.8, 4) is 6.07 Å². The normalized spacial score (nSPS) is 12.8. The third-order valence-electron chi connectivity index (χ3n) is 4.40. The van der Waals surface area contributed by atoms with E-state index in [1.54, 1.807) is 0 Å². The van der Waals surface area contributed by atoms with Crippen molar-refractivity contribution >= 4 is 5.69 Å². The van der Waals surface area contributed by atoms with Crippen LogP contribution in [0.4, 0.5) is 5.69 Å². The van der Waals surface area contributed by atoms with E-state index in [2.05, 4.69) is 11.4 Å². The molecule has 3 aromatic rings. The van der Waals surface area contributed by atoms with Crippen LogP contribution in [0.5, 0.6) is 0 Å². The zero-order chi connectivity index (χ0) is 18.2. The third-order valence-corrected chi connectivity index (χ3v) is 4.40. The summed E-state index contributed by atoms with van der Waals surface area (Å²) in [4.78, 5) is 0. The number of hydrogen-bond donors (Lipinski definition) is 2. The van der Waals surface area contributed by atoms with Gasteiger partial charge >= 0.3 is 0 Å². The summed E-state index contributed by atoms with van der Waals surface area (Å²) in [7, 11) is 0. The summed E-state index contributed by atoms with van der Waals surface area (Å²) in [5.41, 5.74) is 3.75. The van der Waals surface area contributed by atoms with Gasteiger partial charge < -0.3 is 10.4 Å². The van der Waals surface area contributed by atoms with Crippen molar-refractivity contribution in [2.45, 2.75) is 25.0 Å². The van der Waals surface area contributed by atoms with E-state index in [0.29, 0.717) is 12.0 Å². The van der Waals surface area contributed by atoms with Crippen molar-refractivity contribution in [2.24, 2.45) is 0 Å². The van der Waals surface area contributed by atoms with Crippen LogP contribution in [-0.4, -0.2) is 11.1 Å². The predicted octanol–water partition coefficient (Wildman–Crippen LogP) is 4.71.